The van der Waals surface area contributed by atoms with E-state index in [0.29, 0.717) is 5.75 Å². The second kappa shape index (κ2) is 7.78. The highest BCUT2D eigenvalue weighted by molar-refractivity contribution is 7.92. The van der Waals surface area contributed by atoms with Gasteiger partial charge in [-0.15, -0.1) is 0 Å². The summed E-state index contributed by atoms with van der Waals surface area (Å²) in [5.74, 6) is -0.729. The van der Waals surface area contributed by atoms with E-state index in [-0.39, 0.29) is 23.8 Å². The Balaban J connectivity index is 2.04. The second-order valence-corrected chi connectivity index (χ2v) is 6.36. The number of anilines is 1. The Bertz CT molecular complexity index is 805. The summed E-state index contributed by atoms with van der Waals surface area (Å²) in [5.41, 5.74) is 0.123. The van der Waals surface area contributed by atoms with Crippen LogP contribution < -0.4 is 9.46 Å². The van der Waals surface area contributed by atoms with Gasteiger partial charge >= 0.3 is 5.97 Å². The smallest absolute Gasteiger partial charge is 0.344 e. The van der Waals surface area contributed by atoms with Crippen molar-refractivity contribution in [2.75, 3.05) is 17.9 Å². The van der Waals surface area contributed by atoms with Gasteiger partial charge < -0.3 is 9.47 Å². The first-order valence-electron chi connectivity index (χ1n) is 7.07. The third-order valence-electron chi connectivity index (χ3n) is 2.87. The third-order valence-corrected chi connectivity index (χ3v) is 4.27. The standard InChI is InChI=1S/C16H16FNO5S/c1-2-22-16(19)11-23-14-6-8-15(9-7-14)24(20,21)18-13-5-3-4-12(17)10-13/h3-10,18H,2,11H2,1H3. The Morgan fingerprint density at radius 2 is 1.88 bits per heavy atom. The van der Waals surface area contributed by atoms with Gasteiger partial charge in [0.25, 0.3) is 10.0 Å². The van der Waals surface area contributed by atoms with Crippen molar-refractivity contribution >= 4 is 21.7 Å². The summed E-state index contributed by atoms with van der Waals surface area (Å²) in [4.78, 5) is 11.2. The topological polar surface area (TPSA) is 81.7 Å². The Hall–Kier alpha value is -2.61. The number of rotatable bonds is 7. The molecular formula is C16H16FNO5S. The summed E-state index contributed by atoms with van der Waals surface area (Å²) < 4.78 is 49.7. The SMILES string of the molecule is CCOC(=O)COc1ccc(S(=O)(=O)Nc2cccc(F)c2)cc1. The van der Waals surface area contributed by atoms with Crippen LogP contribution in [0.25, 0.3) is 0 Å². The van der Waals surface area contributed by atoms with E-state index in [1.54, 1.807) is 6.92 Å². The Kier molecular flexibility index (Phi) is 5.75. The van der Waals surface area contributed by atoms with Gasteiger partial charge in [-0.2, -0.15) is 0 Å². The maximum atomic E-state index is 13.1. The first-order chi connectivity index (χ1) is 11.4. The zero-order chi connectivity index (χ0) is 17.6. The van der Waals surface area contributed by atoms with Crippen LogP contribution in [0.3, 0.4) is 0 Å². The number of hydrogen-bond acceptors (Lipinski definition) is 5. The number of carbonyl (C=O) groups excluding carboxylic acids is 1. The molecule has 0 saturated carbocycles. The average Bonchev–Trinajstić information content (AvgIpc) is 2.53. The van der Waals surface area contributed by atoms with Crippen LogP contribution in [0.15, 0.2) is 53.4 Å². The largest absolute Gasteiger partial charge is 0.482 e. The fourth-order valence-electron chi connectivity index (χ4n) is 1.83. The van der Waals surface area contributed by atoms with E-state index in [9.17, 15) is 17.6 Å². The first kappa shape index (κ1) is 17.7. The molecule has 0 unspecified atom stereocenters. The number of carbonyl (C=O) groups is 1. The molecule has 24 heavy (non-hydrogen) atoms. The summed E-state index contributed by atoms with van der Waals surface area (Å²) in [6.45, 7) is 1.68. The minimum absolute atomic E-state index is 0.0183. The number of esters is 1. The monoisotopic (exact) mass is 353 g/mol. The first-order valence-corrected chi connectivity index (χ1v) is 8.56. The molecular weight excluding hydrogens is 337 g/mol. The van der Waals surface area contributed by atoms with Crippen LogP contribution in [0, 0.1) is 5.82 Å². The van der Waals surface area contributed by atoms with Crippen molar-refractivity contribution in [3.63, 3.8) is 0 Å². The summed E-state index contributed by atoms with van der Waals surface area (Å²) in [5, 5.41) is 0. The van der Waals surface area contributed by atoms with Crippen molar-refractivity contribution in [2.24, 2.45) is 0 Å². The van der Waals surface area contributed by atoms with Crippen molar-refractivity contribution in [2.45, 2.75) is 11.8 Å². The molecule has 0 fully saturated rings. The molecule has 0 spiro atoms. The lowest BCUT2D eigenvalue weighted by Gasteiger charge is -2.09. The lowest BCUT2D eigenvalue weighted by Crippen LogP contribution is -2.15. The van der Waals surface area contributed by atoms with Crippen molar-refractivity contribution < 1.29 is 27.1 Å². The highest BCUT2D eigenvalue weighted by Gasteiger charge is 2.14. The van der Waals surface area contributed by atoms with Crippen molar-refractivity contribution in [3.05, 3.63) is 54.3 Å². The summed E-state index contributed by atoms with van der Waals surface area (Å²) in [6, 6.07) is 10.6. The third kappa shape index (κ3) is 4.95. The van der Waals surface area contributed by atoms with E-state index in [2.05, 4.69) is 4.72 Å². The fraction of sp³-hybridized carbons (Fsp3) is 0.188. The number of hydrogen-bond donors (Lipinski definition) is 1. The molecule has 2 aromatic rings. The van der Waals surface area contributed by atoms with Crippen LogP contribution in [0.5, 0.6) is 5.75 Å². The molecule has 2 rings (SSSR count). The molecule has 6 nitrogen and oxygen atoms in total. The number of nitrogens with one attached hydrogen (secondary N) is 1. The molecule has 2 aromatic carbocycles. The lowest BCUT2D eigenvalue weighted by atomic mass is 10.3. The normalized spacial score (nSPS) is 10.9. The van der Waals surface area contributed by atoms with Gasteiger partial charge in [-0.05, 0) is 49.4 Å². The van der Waals surface area contributed by atoms with Gasteiger partial charge in [0.15, 0.2) is 6.61 Å². The van der Waals surface area contributed by atoms with Crippen LogP contribution in [0.4, 0.5) is 10.1 Å². The van der Waals surface area contributed by atoms with E-state index in [1.165, 1.54) is 42.5 Å². The molecule has 1 N–H and O–H groups in total. The van der Waals surface area contributed by atoms with E-state index in [1.807, 2.05) is 0 Å². The van der Waals surface area contributed by atoms with Crippen LogP contribution in [0.2, 0.25) is 0 Å². The van der Waals surface area contributed by atoms with Gasteiger partial charge in [-0.1, -0.05) is 6.07 Å². The van der Waals surface area contributed by atoms with Crippen molar-refractivity contribution in [1.82, 2.24) is 0 Å². The zero-order valence-corrected chi connectivity index (χ0v) is 13.7. The maximum absolute atomic E-state index is 13.1. The Morgan fingerprint density at radius 3 is 2.50 bits per heavy atom. The van der Waals surface area contributed by atoms with E-state index < -0.39 is 21.8 Å². The molecule has 0 aliphatic rings. The van der Waals surface area contributed by atoms with E-state index in [4.69, 9.17) is 9.47 Å². The Morgan fingerprint density at radius 1 is 1.17 bits per heavy atom. The molecule has 0 atom stereocenters. The minimum atomic E-state index is -3.85. The molecule has 0 aliphatic carbocycles. The molecule has 8 heteroatoms. The molecule has 0 heterocycles. The van der Waals surface area contributed by atoms with Gasteiger partial charge in [0.2, 0.25) is 0 Å². The summed E-state index contributed by atoms with van der Waals surface area (Å²) in [7, 11) is -3.85. The second-order valence-electron chi connectivity index (χ2n) is 4.68. The molecule has 0 radical (unpaired) electrons. The fourth-order valence-corrected chi connectivity index (χ4v) is 2.88. The number of ether oxygens (including phenoxy) is 2. The highest BCUT2D eigenvalue weighted by atomic mass is 32.2. The highest BCUT2D eigenvalue weighted by Crippen LogP contribution is 2.19. The minimum Gasteiger partial charge on any atom is -0.482 e. The van der Waals surface area contributed by atoms with E-state index in [0.717, 1.165) is 6.07 Å². The lowest BCUT2D eigenvalue weighted by molar-refractivity contribution is -0.145. The van der Waals surface area contributed by atoms with Crippen molar-refractivity contribution in [3.8, 4) is 5.75 Å². The molecule has 0 saturated heterocycles. The van der Waals surface area contributed by atoms with Crippen LogP contribution >= 0.6 is 0 Å². The van der Waals surface area contributed by atoms with Gasteiger partial charge in [0, 0.05) is 0 Å². The van der Waals surface area contributed by atoms with Gasteiger partial charge in [0.1, 0.15) is 11.6 Å². The molecule has 128 valence electrons. The molecule has 0 aromatic heterocycles. The Labute approximate surface area is 139 Å². The van der Waals surface area contributed by atoms with Crippen LogP contribution in [-0.2, 0) is 19.6 Å². The molecule has 0 bridgehead atoms. The summed E-state index contributed by atoms with van der Waals surface area (Å²) >= 11 is 0. The number of benzene rings is 2. The van der Waals surface area contributed by atoms with Gasteiger partial charge in [0.05, 0.1) is 17.2 Å². The van der Waals surface area contributed by atoms with Gasteiger partial charge in [-0.3, -0.25) is 4.72 Å². The summed E-state index contributed by atoms with van der Waals surface area (Å²) in [6.07, 6.45) is 0. The quantitative estimate of drug-likeness (QED) is 0.774. The number of halogens is 1. The predicted octanol–water partition coefficient (Wildman–Crippen LogP) is 2.57. The van der Waals surface area contributed by atoms with E-state index >= 15 is 0 Å². The van der Waals surface area contributed by atoms with Crippen LogP contribution in [0.1, 0.15) is 6.92 Å². The predicted molar refractivity (Wildman–Crippen MR) is 85.8 cm³/mol. The van der Waals surface area contributed by atoms with Crippen LogP contribution in [-0.4, -0.2) is 27.6 Å². The maximum Gasteiger partial charge on any atom is 0.344 e. The van der Waals surface area contributed by atoms with Crippen molar-refractivity contribution in [1.29, 1.82) is 0 Å². The van der Waals surface area contributed by atoms with Gasteiger partial charge in [-0.25, -0.2) is 17.6 Å². The molecule has 0 amide bonds. The zero-order valence-electron chi connectivity index (χ0n) is 12.9. The number of sulfonamides is 1. The molecule has 0 aliphatic heterocycles. The average molecular weight is 353 g/mol.